The molecule has 2 rings (SSSR count). The minimum Gasteiger partial charge on any atom is -0.299 e. The maximum absolute atomic E-state index is 5.71. The van der Waals surface area contributed by atoms with Crippen LogP contribution in [0.5, 0.6) is 0 Å². The second-order valence-corrected chi connectivity index (χ2v) is 3.85. The molecule has 1 aliphatic rings. The van der Waals surface area contributed by atoms with Gasteiger partial charge in [0.15, 0.2) is 0 Å². The van der Waals surface area contributed by atoms with E-state index in [1.807, 2.05) is 0 Å². The van der Waals surface area contributed by atoms with Crippen molar-refractivity contribution in [2.75, 3.05) is 13.1 Å². The summed E-state index contributed by atoms with van der Waals surface area (Å²) in [5.74, 6) is 0.615. The van der Waals surface area contributed by atoms with E-state index in [0.29, 0.717) is 5.88 Å². The van der Waals surface area contributed by atoms with Crippen LogP contribution in [0.1, 0.15) is 17.5 Å². The zero-order valence-electron chi connectivity index (χ0n) is 7.67. The summed E-state index contributed by atoms with van der Waals surface area (Å²) in [6.07, 6.45) is 1.36. The van der Waals surface area contributed by atoms with Gasteiger partial charge >= 0.3 is 0 Å². The predicted octanol–water partition coefficient (Wildman–Crippen LogP) is 2.63. The Balaban J connectivity index is 1.96. The third-order valence-corrected chi connectivity index (χ3v) is 2.84. The van der Waals surface area contributed by atoms with Crippen LogP contribution in [0.2, 0.25) is 0 Å². The molecular weight excluding hydrogens is 182 g/mol. The van der Waals surface area contributed by atoms with Crippen LogP contribution in [0.25, 0.3) is 0 Å². The molecule has 1 saturated heterocycles. The molecule has 1 heterocycles. The molecule has 0 aliphatic carbocycles. The van der Waals surface area contributed by atoms with E-state index in [4.69, 9.17) is 11.6 Å². The van der Waals surface area contributed by atoms with Gasteiger partial charge in [-0.25, -0.2) is 0 Å². The van der Waals surface area contributed by atoms with Gasteiger partial charge in [0.2, 0.25) is 0 Å². The topological polar surface area (TPSA) is 3.24 Å². The van der Waals surface area contributed by atoms with E-state index < -0.39 is 0 Å². The molecule has 0 atom stereocenters. The average Bonchev–Trinajstić information content (AvgIpc) is 2.12. The summed E-state index contributed by atoms with van der Waals surface area (Å²) in [5.41, 5.74) is 2.60. The largest absolute Gasteiger partial charge is 0.299 e. The molecule has 0 radical (unpaired) electrons. The number of rotatable bonds is 3. The SMILES string of the molecule is ClCc1ccc(CN2CCC2)cc1. The summed E-state index contributed by atoms with van der Waals surface area (Å²) in [4.78, 5) is 2.45. The minimum absolute atomic E-state index is 0.615. The standard InChI is InChI=1S/C11H14ClN/c12-8-10-2-4-11(5-3-10)9-13-6-1-7-13/h2-5H,1,6-9H2. The lowest BCUT2D eigenvalue weighted by atomic mass is 10.1. The van der Waals surface area contributed by atoms with Gasteiger partial charge in [0.1, 0.15) is 0 Å². The average molecular weight is 196 g/mol. The van der Waals surface area contributed by atoms with E-state index >= 15 is 0 Å². The molecule has 70 valence electrons. The maximum Gasteiger partial charge on any atom is 0.0474 e. The molecule has 1 aromatic rings. The number of nitrogens with zero attached hydrogens (tertiary/aromatic N) is 1. The highest BCUT2D eigenvalue weighted by atomic mass is 35.5. The maximum atomic E-state index is 5.71. The van der Waals surface area contributed by atoms with Crippen LogP contribution in [-0.4, -0.2) is 18.0 Å². The number of likely N-dealkylation sites (tertiary alicyclic amines) is 1. The van der Waals surface area contributed by atoms with Gasteiger partial charge in [-0.15, -0.1) is 11.6 Å². The van der Waals surface area contributed by atoms with Crippen molar-refractivity contribution in [1.82, 2.24) is 4.90 Å². The van der Waals surface area contributed by atoms with E-state index in [2.05, 4.69) is 29.2 Å². The Bertz CT molecular complexity index is 264. The molecule has 0 amide bonds. The van der Waals surface area contributed by atoms with Crippen molar-refractivity contribution in [1.29, 1.82) is 0 Å². The van der Waals surface area contributed by atoms with Crippen molar-refractivity contribution in [3.63, 3.8) is 0 Å². The number of hydrogen-bond acceptors (Lipinski definition) is 1. The summed E-state index contributed by atoms with van der Waals surface area (Å²) in [5, 5.41) is 0. The Labute approximate surface area is 84.3 Å². The monoisotopic (exact) mass is 195 g/mol. The van der Waals surface area contributed by atoms with Crippen molar-refractivity contribution >= 4 is 11.6 Å². The van der Waals surface area contributed by atoms with Gasteiger partial charge < -0.3 is 0 Å². The quantitative estimate of drug-likeness (QED) is 0.671. The first kappa shape index (κ1) is 9.04. The Hall–Kier alpha value is -0.530. The van der Waals surface area contributed by atoms with Crippen LogP contribution in [-0.2, 0) is 12.4 Å². The molecule has 1 aliphatic heterocycles. The van der Waals surface area contributed by atoms with Crippen LogP contribution in [0.3, 0.4) is 0 Å². The van der Waals surface area contributed by atoms with E-state index in [1.54, 1.807) is 0 Å². The zero-order chi connectivity index (χ0) is 9.10. The summed E-state index contributed by atoms with van der Waals surface area (Å²) >= 11 is 5.71. The fourth-order valence-electron chi connectivity index (χ4n) is 1.53. The van der Waals surface area contributed by atoms with Gasteiger partial charge in [0.25, 0.3) is 0 Å². The number of halogens is 1. The highest BCUT2D eigenvalue weighted by molar-refractivity contribution is 6.17. The molecule has 0 unspecified atom stereocenters. The first-order valence-electron chi connectivity index (χ1n) is 4.74. The lowest BCUT2D eigenvalue weighted by Gasteiger charge is -2.30. The molecule has 1 fully saturated rings. The van der Waals surface area contributed by atoms with E-state index in [0.717, 1.165) is 6.54 Å². The van der Waals surface area contributed by atoms with Crippen LogP contribution in [0.15, 0.2) is 24.3 Å². The Kier molecular flexibility index (Phi) is 2.87. The molecule has 2 heteroatoms. The summed E-state index contributed by atoms with van der Waals surface area (Å²) in [6.45, 7) is 3.62. The molecule has 1 aromatic carbocycles. The smallest absolute Gasteiger partial charge is 0.0474 e. The normalized spacial score (nSPS) is 17.0. The van der Waals surface area contributed by atoms with Gasteiger partial charge in [0.05, 0.1) is 0 Å². The first-order chi connectivity index (χ1) is 6.38. The second kappa shape index (κ2) is 4.12. The molecule has 13 heavy (non-hydrogen) atoms. The third-order valence-electron chi connectivity index (χ3n) is 2.53. The van der Waals surface area contributed by atoms with Crippen LogP contribution < -0.4 is 0 Å². The lowest BCUT2D eigenvalue weighted by Crippen LogP contribution is -2.36. The first-order valence-corrected chi connectivity index (χ1v) is 5.28. The van der Waals surface area contributed by atoms with Crippen molar-refractivity contribution in [2.24, 2.45) is 0 Å². The fourth-order valence-corrected chi connectivity index (χ4v) is 1.71. The van der Waals surface area contributed by atoms with E-state index in [9.17, 15) is 0 Å². The third kappa shape index (κ3) is 2.23. The van der Waals surface area contributed by atoms with Crippen molar-refractivity contribution in [3.05, 3.63) is 35.4 Å². The van der Waals surface area contributed by atoms with Crippen molar-refractivity contribution in [2.45, 2.75) is 18.8 Å². The van der Waals surface area contributed by atoms with E-state index in [-0.39, 0.29) is 0 Å². The molecule has 0 aromatic heterocycles. The number of alkyl halides is 1. The molecular formula is C11H14ClN. The lowest BCUT2D eigenvalue weighted by molar-refractivity contribution is 0.172. The minimum atomic E-state index is 0.615. The second-order valence-electron chi connectivity index (χ2n) is 3.58. The van der Waals surface area contributed by atoms with Gasteiger partial charge in [-0.1, -0.05) is 24.3 Å². The molecule has 0 N–H and O–H groups in total. The van der Waals surface area contributed by atoms with Crippen molar-refractivity contribution in [3.8, 4) is 0 Å². The van der Waals surface area contributed by atoms with Crippen LogP contribution >= 0.6 is 11.6 Å². The molecule has 0 spiro atoms. The van der Waals surface area contributed by atoms with Gasteiger partial charge in [0, 0.05) is 12.4 Å². The Morgan fingerprint density at radius 3 is 2.15 bits per heavy atom. The Morgan fingerprint density at radius 1 is 1.08 bits per heavy atom. The highest BCUT2D eigenvalue weighted by Gasteiger charge is 2.13. The fraction of sp³-hybridized carbons (Fsp3) is 0.455. The van der Waals surface area contributed by atoms with Gasteiger partial charge in [-0.2, -0.15) is 0 Å². The number of benzene rings is 1. The molecule has 0 bridgehead atoms. The molecule has 0 saturated carbocycles. The van der Waals surface area contributed by atoms with Gasteiger partial charge in [-0.3, -0.25) is 4.90 Å². The highest BCUT2D eigenvalue weighted by Crippen LogP contribution is 2.13. The number of hydrogen-bond donors (Lipinski definition) is 0. The van der Waals surface area contributed by atoms with Crippen LogP contribution in [0, 0.1) is 0 Å². The predicted molar refractivity (Wildman–Crippen MR) is 55.9 cm³/mol. The summed E-state index contributed by atoms with van der Waals surface area (Å²) in [6, 6.07) is 8.58. The summed E-state index contributed by atoms with van der Waals surface area (Å²) < 4.78 is 0. The Morgan fingerprint density at radius 2 is 1.69 bits per heavy atom. The van der Waals surface area contributed by atoms with Gasteiger partial charge in [-0.05, 0) is 30.6 Å². The van der Waals surface area contributed by atoms with Crippen molar-refractivity contribution < 1.29 is 0 Å². The molecule has 1 nitrogen and oxygen atoms in total. The van der Waals surface area contributed by atoms with Crippen LogP contribution in [0.4, 0.5) is 0 Å². The zero-order valence-corrected chi connectivity index (χ0v) is 8.43. The summed E-state index contributed by atoms with van der Waals surface area (Å²) in [7, 11) is 0. The van der Waals surface area contributed by atoms with E-state index in [1.165, 1.54) is 30.6 Å².